The summed E-state index contributed by atoms with van der Waals surface area (Å²) < 4.78 is 32.8. The molecule has 2 atom stereocenters. The summed E-state index contributed by atoms with van der Waals surface area (Å²) in [6, 6.07) is 2.48. The Morgan fingerprint density at radius 1 is 1.14 bits per heavy atom. The van der Waals surface area contributed by atoms with Gasteiger partial charge in [-0.05, 0) is 49.8 Å². The van der Waals surface area contributed by atoms with Gasteiger partial charge in [0.1, 0.15) is 11.6 Å². The minimum atomic E-state index is -0.731. The Kier molecular flexibility index (Phi) is 5.29. The van der Waals surface area contributed by atoms with Crippen molar-refractivity contribution in [3.8, 4) is 0 Å². The fourth-order valence-electron chi connectivity index (χ4n) is 4.78. The third kappa shape index (κ3) is 3.50. The maximum Gasteiger partial charge on any atom is 0.336 e. The van der Waals surface area contributed by atoms with Crippen molar-refractivity contribution in [1.82, 2.24) is 9.80 Å². The Labute approximate surface area is 167 Å². The zero-order valence-electron chi connectivity index (χ0n) is 16.2. The molecule has 2 fully saturated rings. The fraction of sp³-hybridized carbons (Fsp3) is 0.524. The number of amides is 2. The number of fused-ring (bicyclic) bond motifs is 2. The molecule has 3 aliphatic heterocycles. The Morgan fingerprint density at radius 3 is 2.52 bits per heavy atom. The van der Waals surface area contributed by atoms with Crippen molar-refractivity contribution in [2.45, 2.75) is 50.3 Å². The van der Waals surface area contributed by atoms with Gasteiger partial charge in [-0.3, -0.25) is 0 Å². The van der Waals surface area contributed by atoms with Gasteiger partial charge in [-0.15, -0.1) is 0 Å². The highest BCUT2D eigenvalue weighted by molar-refractivity contribution is 6.01. The molecule has 0 radical (unpaired) electrons. The standard InChI is InChI=1S/C21H24F2N2O4/c1-29-20(27)19-16(15-4-2-12(22)10-17(15)23)11-13-3-5-18(19)25(13)21(28)24-8-6-14(26)7-9-24/h2,4,10,13-14,18,26H,3,5-9,11H2,1H3. The number of hydrogen-bond acceptors (Lipinski definition) is 4. The van der Waals surface area contributed by atoms with Gasteiger partial charge in [-0.25, -0.2) is 18.4 Å². The molecular formula is C21H24F2N2O4. The molecule has 2 saturated heterocycles. The number of aliphatic hydroxyl groups is 1. The molecule has 3 aliphatic rings. The first kappa shape index (κ1) is 19.8. The summed E-state index contributed by atoms with van der Waals surface area (Å²) in [5, 5.41) is 9.71. The van der Waals surface area contributed by atoms with Crippen LogP contribution in [0.15, 0.2) is 23.8 Å². The monoisotopic (exact) mass is 406 g/mol. The van der Waals surface area contributed by atoms with Gasteiger partial charge in [-0.2, -0.15) is 0 Å². The molecule has 6 nitrogen and oxygen atoms in total. The number of carbonyl (C=O) groups is 2. The smallest absolute Gasteiger partial charge is 0.336 e. The first-order valence-corrected chi connectivity index (χ1v) is 9.92. The van der Waals surface area contributed by atoms with Gasteiger partial charge in [-0.1, -0.05) is 0 Å². The molecule has 8 heteroatoms. The number of esters is 1. The Hall–Kier alpha value is -2.48. The van der Waals surface area contributed by atoms with Crippen molar-refractivity contribution in [2.24, 2.45) is 0 Å². The lowest BCUT2D eigenvalue weighted by Crippen LogP contribution is -2.54. The number of benzene rings is 1. The molecule has 3 heterocycles. The molecule has 1 N–H and O–H groups in total. The van der Waals surface area contributed by atoms with Gasteiger partial charge < -0.3 is 19.6 Å². The lowest BCUT2D eigenvalue weighted by Gasteiger charge is -2.41. The third-order valence-corrected chi connectivity index (χ3v) is 6.22. The molecule has 2 bridgehead atoms. The minimum absolute atomic E-state index is 0.160. The van der Waals surface area contributed by atoms with Crippen molar-refractivity contribution in [3.05, 3.63) is 41.0 Å². The van der Waals surface area contributed by atoms with Crippen LogP contribution in [0.2, 0.25) is 0 Å². The number of ether oxygens (including phenoxy) is 1. The average Bonchev–Trinajstić information content (AvgIpc) is 3.01. The molecular weight excluding hydrogens is 382 g/mol. The van der Waals surface area contributed by atoms with Crippen LogP contribution in [0.3, 0.4) is 0 Å². The number of methoxy groups -OCH3 is 1. The zero-order valence-corrected chi connectivity index (χ0v) is 16.2. The second kappa shape index (κ2) is 7.74. The molecule has 156 valence electrons. The summed E-state index contributed by atoms with van der Waals surface area (Å²) in [6.07, 6.45) is 2.26. The molecule has 4 rings (SSSR count). The van der Waals surface area contributed by atoms with Crippen LogP contribution in [-0.2, 0) is 9.53 Å². The van der Waals surface area contributed by atoms with Crippen LogP contribution in [0.1, 0.15) is 37.7 Å². The van der Waals surface area contributed by atoms with Crippen molar-refractivity contribution in [3.63, 3.8) is 0 Å². The summed E-state index contributed by atoms with van der Waals surface area (Å²) in [6.45, 7) is 0.930. The number of hydrogen-bond donors (Lipinski definition) is 1. The number of carbonyl (C=O) groups excluding carboxylic acids is 2. The zero-order chi connectivity index (χ0) is 20.7. The summed E-state index contributed by atoms with van der Waals surface area (Å²) in [5.41, 5.74) is 0.939. The lowest BCUT2D eigenvalue weighted by atomic mass is 9.88. The lowest BCUT2D eigenvalue weighted by molar-refractivity contribution is -0.136. The van der Waals surface area contributed by atoms with E-state index in [-0.39, 0.29) is 23.2 Å². The number of nitrogens with zero attached hydrogens (tertiary/aromatic N) is 2. The Balaban J connectivity index is 1.71. The summed E-state index contributed by atoms with van der Waals surface area (Å²) in [7, 11) is 1.26. The highest BCUT2D eigenvalue weighted by atomic mass is 19.1. The number of aliphatic hydroxyl groups excluding tert-OH is 1. The van der Waals surface area contributed by atoms with E-state index in [0.29, 0.717) is 50.8 Å². The highest BCUT2D eigenvalue weighted by Crippen LogP contribution is 2.44. The van der Waals surface area contributed by atoms with E-state index in [0.717, 1.165) is 6.07 Å². The van der Waals surface area contributed by atoms with Crippen molar-refractivity contribution in [1.29, 1.82) is 0 Å². The molecule has 0 spiro atoms. The first-order valence-electron chi connectivity index (χ1n) is 9.92. The van der Waals surface area contributed by atoms with Crippen molar-refractivity contribution in [2.75, 3.05) is 20.2 Å². The normalized spacial score (nSPS) is 24.8. The first-order chi connectivity index (χ1) is 13.9. The maximum atomic E-state index is 14.5. The number of urea groups is 1. The largest absolute Gasteiger partial charge is 0.466 e. The number of piperidine rings is 1. The van der Waals surface area contributed by atoms with Gasteiger partial charge in [0.15, 0.2) is 0 Å². The van der Waals surface area contributed by atoms with E-state index in [9.17, 15) is 23.5 Å². The highest BCUT2D eigenvalue weighted by Gasteiger charge is 2.48. The Morgan fingerprint density at radius 2 is 1.86 bits per heavy atom. The van der Waals surface area contributed by atoms with Gasteiger partial charge in [0.2, 0.25) is 0 Å². The van der Waals surface area contributed by atoms with Crippen molar-refractivity contribution >= 4 is 17.6 Å². The fourth-order valence-corrected chi connectivity index (χ4v) is 4.78. The summed E-state index contributed by atoms with van der Waals surface area (Å²) >= 11 is 0. The van der Waals surface area contributed by atoms with Crippen LogP contribution in [0.5, 0.6) is 0 Å². The van der Waals surface area contributed by atoms with Gasteiger partial charge in [0.25, 0.3) is 0 Å². The topological polar surface area (TPSA) is 70.1 Å². The quantitative estimate of drug-likeness (QED) is 0.767. The summed E-state index contributed by atoms with van der Waals surface area (Å²) in [5.74, 6) is -2.01. The molecule has 0 saturated carbocycles. The predicted molar refractivity (Wildman–Crippen MR) is 101 cm³/mol. The van der Waals surface area contributed by atoms with E-state index in [1.807, 2.05) is 0 Å². The van der Waals surface area contributed by atoms with E-state index in [2.05, 4.69) is 0 Å². The summed E-state index contributed by atoms with van der Waals surface area (Å²) in [4.78, 5) is 29.3. The van der Waals surface area contributed by atoms with Crippen LogP contribution in [0.25, 0.3) is 5.57 Å². The van der Waals surface area contributed by atoms with Crippen LogP contribution < -0.4 is 0 Å². The van der Waals surface area contributed by atoms with E-state index in [1.165, 1.54) is 19.2 Å². The van der Waals surface area contributed by atoms with Gasteiger partial charge in [0, 0.05) is 30.8 Å². The predicted octanol–water partition coefficient (Wildman–Crippen LogP) is 2.70. The molecule has 1 aromatic carbocycles. The molecule has 1 aromatic rings. The van der Waals surface area contributed by atoms with Crippen LogP contribution in [-0.4, -0.2) is 65.3 Å². The van der Waals surface area contributed by atoms with E-state index >= 15 is 0 Å². The Bertz CT molecular complexity index is 864. The van der Waals surface area contributed by atoms with E-state index in [4.69, 9.17) is 4.74 Å². The SMILES string of the molecule is COC(=O)C1=C(c2ccc(F)cc2F)CC2CCC1N2C(=O)N1CCC(O)CC1. The van der Waals surface area contributed by atoms with Crippen LogP contribution in [0, 0.1) is 11.6 Å². The van der Waals surface area contributed by atoms with E-state index in [1.54, 1.807) is 9.80 Å². The molecule has 0 aliphatic carbocycles. The second-order valence-electron chi connectivity index (χ2n) is 7.87. The van der Waals surface area contributed by atoms with Gasteiger partial charge in [0.05, 0.1) is 24.8 Å². The van der Waals surface area contributed by atoms with E-state index < -0.39 is 29.7 Å². The molecule has 0 aromatic heterocycles. The van der Waals surface area contributed by atoms with Crippen LogP contribution in [0.4, 0.5) is 13.6 Å². The minimum Gasteiger partial charge on any atom is -0.466 e. The number of likely N-dealkylation sites (tertiary alicyclic amines) is 1. The number of halogens is 2. The molecule has 29 heavy (non-hydrogen) atoms. The van der Waals surface area contributed by atoms with Crippen LogP contribution >= 0.6 is 0 Å². The maximum absolute atomic E-state index is 14.5. The number of rotatable bonds is 2. The van der Waals surface area contributed by atoms with Crippen molar-refractivity contribution < 1.29 is 28.2 Å². The third-order valence-electron chi connectivity index (χ3n) is 6.22. The molecule has 2 unspecified atom stereocenters. The van der Waals surface area contributed by atoms with Gasteiger partial charge >= 0.3 is 12.0 Å². The second-order valence-corrected chi connectivity index (χ2v) is 7.87. The molecule has 2 amide bonds. The average molecular weight is 406 g/mol.